The minimum absolute atomic E-state index is 0.0916. The molecule has 1 amide bonds. The highest BCUT2D eigenvalue weighted by atomic mass is 16.5. The number of nitrogens with one attached hydrogen (secondary N) is 1. The first-order valence-corrected chi connectivity index (χ1v) is 10.7. The summed E-state index contributed by atoms with van der Waals surface area (Å²) in [5.41, 5.74) is 3.16. The molecule has 1 atom stereocenters. The van der Waals surface area contributed by atoms with Gasteiger partial charge in [0.05, 0.1) is 18.7 Å². The molecule has 2 heterocycles. The Morgan fingerprint density at radius 3 is 2.66 bits per heavy atom. The second-order valence-electron chi connectivity index (χ2n) is 7.87. The Balaban J connectivity index is 1.52. The third-order valence-electron chi connectivity index (χ3n) is 5.53. The van der Waals surface area contributed by atoms with Gasteiger partial charge in [-0.05, 0) is 38.0 Å². The maximum atomic E-state index is 13.1. The summed E-state index contributed by atoms with van der Waals surface area (Å²) in [4.78, 5) is 35.7. The average molecular weight is 431 g/mol. The molecule has 0 radical (unpaired) electrons. The Hall–Kier alpha value is -3.74. The second-order valence-corrected chi connectivity index (χ2v) is 7.87. The Morgan fingerprint density at radius 1 is 1.06 bits per heavy atom. The predicted molar refractivity (Wildman–Crippen MR) is 123 cm³/mol. The molecule has 1 aliphatic heterocycles. The van der Waals surface area contributed by atoms with Crippen LogP contribution in [0.4, 0.5) is 11.5 Å². The van der Waals surface area contributed by atoms with E-state index in [1.54, 1.807) is 11.0 Å². The Labute approximate surface area is 187 Å². The maximum Gasteiger partial charge on any atom is 0.310 e. The largest absolute Gasteiger partial charge is 0.469 e. The van der Waals surface area contributed by atoms with Gasteiger partial charge in [-0.15, -0.1) is 0 Å². The lowest BCUT2D eigenvalue weighted by Crippen LogP contribution is -2.42. The van der Waals surface area contributed by atoms with E-state index in [1.807, 2.05) is 61.5 Å². The van der Waals surface area contributed by atoms with Crippen LogP contribution >= 0.6 is 0 Å². The van der Waals surface area contributed by atoms with Crippen molar-refractivity contribution >= 4 is 23.4 Å². The highest BCUT2D eigenvalue weighted by Gasteiger charge is 2.29. The van der Waals surface area contributed by atoms with Gasteiger partial charge in [0.2, 0.25) is 0 Å². The van der Waals surface area contributed by atoms with Crippen molar-refractivity contribution in [3.63, 3.8) is 0 Å². The zero-order valence-electron chi connectivity index (χ0n) is 18.2. The van der Waals surface area contributed by atoms with E-state index in [1.165, 1.54) is 7.11 Å². The summed E-state index contributed by atoms with van der Waals surface area (Å²) in [7, 11) is 1.39. The number of aryl methyl sites for hydroxylation is 1. The number of likely N-dealkylation sites (tertiary alicyclic amines) is 1. The topological polar surface area (TPSA) is 84.4 Å². The third-order valence-corrected chi connectivity index (χ3v) is 5.53. The first-order chi connectivity index (χ1) is 15.5. The number of rotatable bonds is 5. The minimum Gasteiger partial charge on any atom is -0.469 e. The molecule has 0 saturated carbocycles. The van der Waals surface area contributed by atoms with Gasteiger partial charge in [-0.3, -0.25) is 9.59 Å². The van der Waals surface area contributed by atoms with Crippen molar-refractivity contribution in [2.24, 2.45) is 5.92 Å². The number of piperidine rings is 1. The highest BCUT2D eigenvalue weighted by Crippen LogP contribution is 2.24. The van der Waals surface area contributed by atoms with Gasteiger partial charge in [0.15, 0.2) is 0 Å². The number of amides is 1. The summed E-state index contributed by atoms with van der Waals surface area (Å²) in [5.74, 6) is 0.699. The van der Waals surface area contributed by atoms with Gasteiger partial charge in [0, 0.05) is 36.0 Å². The molecule has 0 spiro atoms. The Bertz CT molecular complexity index is 1120. The number of hydrogen-bond donors (Lipinski definition) is 1. The molecular weight excluding hydrogens is 404 g/mol. The molecule has 1 unspecified atom stereocenters. The van der Waals surface area contributed by atoms with Crippen molar-refractivity contribution in [3.05, 3.63) is 72.1 Å². The number of benzene rings is 2. The number of hydrogen-bond acceptors (Lipinski definition) is 6. The molecule has 0 bridgehead atoms. The fraction of sp³-hybridized carbons (Fsp3) is 0.280. The highest BCUT2D eigenvalue weighted by molar-refractivity contribution is 5.95. The van der Waals surface area contributed by atoms with Crippen LogP contribution in [0, 0.1) is 12.8 Å². The molecule has 1 saturated heterocycles. The molecule has 164 valence electrons. The van der Waals surface area contributed by atoms with E-state index >= 15 is 0 Å². The fourth-order valence-electron chi connectivity index (χ4n) is 3.97. The first kappa shape index (κ1) is 21.5. The lowest BCUT2D eigenvalue weighted by Gasteiger charge is -2.31. The Morgan fingerprint density at radius 2 is 1.88 bits per heavy atom. The van der Waals surface area contributed by atoms with Crippen LogP contribution in [0.1, 0.15) is 29.0 Å². The van der Waals surface area contributed by atoms with Crippen LogP contribution in [-0.2, 0) is 9.53 Å². The smallest absolute Gasteiger partial charge is 0.310 e. The molecule has 0 aliphatic carbocycles. The summed E-state index contributed by atoms with van der Waals surface area (Å²) >= 11 is 0. The van der Waals surface area contributed by atoms with Crippen molar-refractivity contribution in [1.82, 2.24) is 14.9 Å². The summed E-state index contributed by atoms with van der Waals surface area (Å²) in [6, 6.07) is 19.1. The van der Waals surface area contributed by atoms with Gasteiger partial charge in [-0.1, -0.05) is 36.4 Å². The van der Waals surface area contributed by atoms with E-state index in [4.69, 9.17) is 4.74 Å². The van der Waals surface area contributed by atoms with Crippen LogP contribution in [0.2, 0.25) is 0 Å². The van der Waals surface area contributed by atoms with Gasteiger partial charge in [0.25, 0.3) is 5.91 Å². The summed E-state index contributed by atoms with van der Waals surface area (Å²) in [6.45, 7) is 2.87. The zero-order valence-corrected chi connectivity index (χ0v) is 18.2. The number of anilines is 2. The number of carbonyl (C=O) groups excluding carboxylic acids is 2. The normalized spacial score (nSPS) is 15.8. The van der Waals surface area contributed by atoms with E-state index in [0.29, 0.717) is 30.3 Å². The van der Waals surface area contributed by atoms with Gasteiger partial charge >= 0.3 is 5.97 Å². The van der Waals surface area contributed by atoms with Gasteiger partial charge in [-0.25, -0.2) is 9.97 Å². The second kappa shape index (κ2) is 9.60. The van der Waals surface area contributed by atoms with Crippen LogP contribution in [0.25, 0.3) is 11.3 Å². The van der Waals surface area contributed by atoms with E-state index < -0.39 is 0 Å². The molecule has 1 aromatic heterocycles. The minimum atomic E-state index is -0.264. The molecule has 1 fully saturated rings. The first-order valence-electron chi connectivity index (χ1n) is 10.7. The molecule has 7 nitrogen and oxygen atoms in total. The van der Waals surface area contributed by atoms with Crippen molar-refractivity contribution in [3.8, 4) is 11.3 Å². The zero-order chi connectivity index (χ0) is 22.5. The maximum absolute atomic E-state index is 13.1. The quantitative estimate of drug-likeness (QED) is 0.610. The molecule has 1 aliphatic rings. The van der Waals surface area contributed by atoms with Crippen LogP contribution in [0.15, 0.2) is 60.7 Å². The number of aromatic nitrogens is 2. The van der Waals surface area contributed by atoms with Crippen molar-refractivity contribution in [1.29, 1.82) is 0 Å². The Kier molecular flexibility index (Phi) is 6.44. The number of methoxy groups -OCH3 is 1. The van der Waals surface area contributed by atoms with Crippen LogP contribution in [0.5, 0.6) is 0 Å². The van der Waals surface area contributed by atoms with Gasteiger partial charge in [-0.2, -0.15) is 0 Å². The van der Waals surface area contributed by atoms with Crippen molar-refractivity contribution < 1.29 is 14.3 Å². The molecule has 4 rings (SSSR count). The third kappa shape index (κ3) is 4.94. The summed E-state index contributed by atoms with van der Waals surface area (Å²) in [6.07, 6.45) is 1.53. The fourth-order valence-corrected chi connectivity index (χ4v) is 3.97. The molecule has 1 N–H and O–H groups in total. The van der Waals surface area contributed by atoms with Crippen LogP contribution in [0.3, 0.4) is 0 Å². The number of nitrogens with zero attached hydrogens (tertiary/aromatic N) is 3. The van der Waals surface area contributed by atoms with E-state index in [-0.39, 0.29) is 17.8 Å². The average Bonchev–Trinajstić information content (AvgIpc) is 2.83. The predicted octanol–water partition coefficient (Wildman–Crippen LogP) is 4.22. The number of carbonyl (C=O) groups is 2. The van der Waals surface area contributed by atoms with Gasteiger partial charge < -0.3 is 15.0 Å². The molecule has 3 aromatic rings. The lowest BCUT2D eigenvalue weighted by molar-refractivity contribution is -0.146. The molecule has 2 aromatic carbocycles. The molecule has 32 heavy (non-hydrogen) atoms. The van der Waals surface area contributed by atoms with Crippen LogP contribution in [-0.4, -0.2) is 46.9 Å². The van der Waals surface area contributed by atoms with E-state index in [2.05, 4.69) is 15.3 Å². The van der Waals surface area contributed by atoms with E-state index in [9.17, 15) is 9.59 Å². The molecular formula is C25H26N4O3. The SMILES string of the molecule is COC(=O)C1CCCN(C(=O)c2cccc(Nc3cc(-c4ccccc4)nc(C)n3)c2)C1. The van der Waals surface area contributed by atoms with Crippen LogP contribution < -0.4 is 5.32 Å². The van der Waals surface area contributed by atoms with E-state index in [0.717, 1.165) is 29.8 Å². The number of ether oxygens (including phenoxy) is 1. The molecule has 7 heteroatoms. The summed E-state index contributed by atoms with van der Waals surface area (Å²) < 4.78 is 4.86. The van der Waals surface area contributed by atoms with Crippen molar-refractivity contribution in [2.45, 2.75) is 19.8 Å². The van der Waals surface area contributed by atoms with Crippen molar-refractivity contribution in [2.75, 3.05) is 25.5 Å². The lowest BCUT2D eigenvalue weighted by atomic mass is 9.97. The standard InChI is InChI=1S/C25H26N4O3/c1-17-26-22(18-8-4-3-5-9-18)15-23(27-17)28-21-12-6-10-19(14-21)24(30)29-13-7-11-20(16-29)25(31)32-2/h3-6,8-10,12,14-15,20H,7,11,13,16H2,1-2H3,(H,26,27,28). The van der Waals surface area contributed by atoms with Gasteiger partial charge in [0.1, 0.15) is 11.6 Å². The monoisotopic (exact) mass is 430 g/mol. The summed E-state index contributed by atoms with van der Waals surface area (Å²) in [5, 5.41) is 3.29. The number of esters is 1.